The number of carbonyl (C=O) groups excluding carboxylic acids is 1. The predicted octanol–water partition coefficient (Wildman–Crippen LogP) is 4.03. The van der Waals surface area contributed by atoms with E-state index in [0.29, 0.717) is 23.5 Å². The molecular formula is C24H19N5O. The van der Waals surface area contributed by atoms with Gasteiger partial charge in [-0.15, -0.1) is 0 Å². The van der Waals surface area contributed by atoms with Gasteiger partial charge in [-0.2, -0.15) is 4.98 Å². The first-order chi connectivity index (χ1) is 14.6. The van der Waals surface area contributed by atoms with Gasteiger partial charge in [0.2, 0.25) is 5.95 Å². The Labute approximate surface area is 172 Å². The van der Waals surface area contributed by atoms with Crippen LogP contribution in [0.1, 0.15) is 21.5 Å². The van der Waals surface area contributed by atoms with Gasteiger partial charge >= 0.3 is 0 Å². The highest BCUT2D eigenvalue weighted by Crippen LogP contribution is 2.28. The molecule has 0 aliphatic heterocycles. The fourth-order valence-electron chi connectivity index (χ4n) is 3.76. The van der Waals surface area contributed by atoms with E-state index in [4.69, 9.17) is 11.5 Å². The van der Waals surface area contributed by atoms with Crippen molar-refractivity contribution in [3.05, 3.63) is 95.7 Å². The standard InChI is InChI=1S/C24H19N5O/c25-23-19-10-11-20-18(21(19)27-24(26)28-23)12-13-29(20)14-15-6-8-17(9-7-15)22(30)16-4-2-1-3-5-16/h1-13H,14H2,(H4,25,26,27,28). The summed E-state index contributed by atoms with van der Waals surface area (Å²) < 4.78 is 2.14. The topological polar surface area (TPSA) is 99.8 Å². The maximum atomic E-state index is 12.6. The van der Waals surface area contributed by atoms with Crippen molar-refractivity contribution in [2.45, 2.75) is 6.54 Å². The van der Waals surface area contributed by atoms with Crippen molar-refractivity contribution in [3.8, 4) is 0 Å². The van der Waals surface area contributed by atoms with Crippen molar-refractivity contribution in [2.24, 2.45) is 0 Å². The molecule has 6 heteroatoms. The molecule has 0 atom stereocenters. The second kappa shape index (κ2) is 7.00. The van der Waals surface area contributed by atoms with Crippen LogP contribution in [0.4, 0.5) is 11.8 Å². The first-order valence-corrected chi connectivity index (χ1v) is 9.59. The molecule has 146 valence electrons. The first kappa shape index (κ1) is 17.9. The molecule has 3 aromatic carbocycles. The van der Waals surface area contributed by atoms with Crippen molar-refractivity contribution in [1.82, 2.24) is 14.5 Å². The Balaban J connectivity index is 1.46. The molecule has 2 heterocycles. The maximum absolute atomic E-state index is 12.6. The van der Waals surface area contributed by atoms with Gasteiger partial charge in [-0.05, 0) is 23.8 Å². The smallest absolute Gasteiger partial charge is 0.222 e. The Kier molecular flexibility index (Phi) is 4.17. The largest absolute Gasteiger partial charge is 0.383 e. The molecular weight excluding hydrogens is 374 g/mol. The van der Waals surface area contributed by atoms with E-state index in [9.17, 15) is 4.79 Å². The Hall–Kier alpha value is -4.19. The number of hydrogen-bond donors (Lipinski definition) is 2. The van der Waals surface area contributed by atoms with E-state index < -0.39 is 0 Å². The number of anilines is 2. The third-order valence-corrected chi connectivity index (χ3v) is 5.27. The highest BCUT2D eigenvalue weighted by atomic mass is 16.1. The molecule has 0 radical (unpaired) electrons. The fraction of sp³-hybridized carbons (Fsp3) is 0.0417. The van der Waals surface area contributed by atoms with E-state index >= 15 is 0 Å². The number of nitrogen functional groups attached to an aromatic ring is 2. The number of aromatic nitrogens is 3. The number of nitrogens with zero attached hydrogens (tertiary/aromatic N) is 3. The summed E-state index contributed by atoms with van der Waals surface area (Å²) in [5.41, 5.74) is 16.0. The van der Waals surface area contributed by atoms with Crippen LogP contribution >= 0.6 is 0 Å². The van der Waals surface area contributed by atoms with E-state index in [1.807, 2.05) is 79.0 Å². The third-order valence-electron chi connectivity index (χ3n) is 5.27. The van der Waals surface area contributed by atoms with Gasteiger partial charge in [0.25, 0.3) is 0 Å². The lowest BCUT2D eigenvalue weighted by molar-refractivity contribution is 0.103. The van der Waals surface area contributed by atoms with Crippen molar-refractivity contribution in [2.75, 3.05) is 11.5 Å². The van der Waals surface area contributed by atoms with Gasteiger partial charge in [-0.1, -0.05) is 54.6 Å². The van der Waals surface area contributed by atoms with E-state index in [0.717, 1.165) is 27.4 Å². The zero-order valence-corrected chi connectivity index (χ0v) is 16.1. The summed E-state index contributed by atoms with van der Waals surface area (Å²) in [5.74, 6) is 0.569. The van der Waals surface area contributed by atoms with Gasteiger partial charge in [-0.3, -0.25) is 4.79 Å². The summed E-state index contributed by atoms with van der Waals surface area (Å²) in [4.78, 5) is 21.0. The second-order valence-electron chi connectivity index (χ2n) is 7.20. The van der Waals surface area contributed by atoms with Crippen molar-refractivity contribution in [1.29, 1.82) is 0 Å². The number of carbonyl (C=O) groups is 1. The lowest BCUT2D eigenvalue weighted by Crippen LogP contribution is -2.03. The monoisotopic (exact) mass is 393 g/mol. The summed E-state index contributed by atoms with van der Waals surface area (Å²) in [6, 6.07) is 23.0. The highest BCUT2D eigenvalue weighted by molar-refractivity contribution is 6.09. The molecule has 0 saturated heterocycles. The van der Waals surface area contributed by atoms with Crippen LogP contribution in [0.2, 0.25) is 0 Å². The van der Waals surface area contributed by atoms with Crippen molar-refractivity contribution < 1.29 is 4.79 Å². The molecule has 0 saturated carbocycles. The average Bonchev–Trinajstić information content (AvgIpc) is 3.17. The van der Waals surface area contributed by atoms with Crippen molar-refractivity contribution in [3.63, 3.8) is 0 Å². The summed E-state index contributed by atoms with van der Waals surface area (Å²) in [7, 11) is 0. The molecule has 4 N–H and O–H groups in total. The van der Waals surface area contributed by atoms with E-state index in [1.165, 1.54) is 0 Å². The number of fused-ring (bicyclic) bond motifs is 3. The van der Waals surface area contributed by atoms with Crippen LogP contribution in [0.3, 0.4) is 0 Å². The molecule has 5 rings (SSSR count). The molecule has 2 aromatic heterocycles. The minimum Gasteiger partial charge on any atom is -0.383 e. The highest BCUT2D eigenvalue weighted by Gasteiger charge is 2.12. The molecule has 0 spiro atoms. The number of nitrogens with two attached hydrogens (primary N) is 2. The molecule has 0 fully saturated rings. The fourth-order valence-corrected chi connectivity index (χ4v) is 3.76. The SMILES string of the molecule is Nc1nc(N)c2ccc3c(ccn3Cc3ccc(C(=O)c4ccccc4)cc3)c2n1. The van der Waals surface area contributed by atoms with Gasteiger partial charge in [0.1, 0.15) is 5.82 Å². The number of ketones is 1. The maximum Gasteiger partial charge on any atom is 0.222 e. The number of benzene rings is 3. The molecule has 0 bridgehead atoms. The number of rotatable bonds is 4. The average molecular weight is 393 g/mol. The summed E-state index contributed by atoms with van der Waals surface area (Å²) in [5, 5.41) is 1.77. The zero-order chi connectivity index (χ0) is 20.7. The minimum atomic E-state index is 0.0231. The molecule has 6 nitrogen and oxygen atoms in total. The Morgan fingerprint density at radius 3 is 2.30 bits per heavy atom. The van der Waals surface area contributed by atoms with Crippen LogP contribution in [0.15, 0.2) is 79.0 Å². The van der Waals surface area contributed by atoms with Crippen LogP contribution in [0.25, 0.3) is 21.8 Å². The van der Waals surface area contributed by atoms with E-state index in [2.05, 4.69) is 14.5 Å². The Morgan fingerprint density at radius 1 is 0.800 bits per heavy atom. The van der Waals surface area contributed by atoms with Crippen LogP contribution in [-0.4, -0.2) is 20.3 Å². The first-order valence-electron chi connectivity index (χ1n) is 9.59. The predicted molar refractivity (Wildman–Crippen MR) is 119 cm³/mol. The molecule has 0 amide bonds. The van der Waals surface area contributed by atoms with E-state index in [1.54, 1.807) is 0 Å². The van der Waals surface area contributed by atoms with Gasteiger partial charge < -0.3 is 16.0 Å². The normalized spacial score (nSPS) is 11.2. The lowest BCUT2D eigenvalue weighted by atomic mass is 10.0. The van der Waals surface area contributed by atoms with Gasteiger partial charge in [-0.25, -0.2) is 4.98 Å². The van der Waals surface area contributed by atoms with Gasteiger partial charge in [0.15, 0.2) is 5.78 Å². The van der Waals surface area contributed by atoms with Crippen LogP contribution < -0.4 is 11.5 Å². The molecule has 30 heavy (non-hydrogen) atoms. The van der Waals surface area contributed by atoms with Gasteiger partial charge in [0.05, 0.1) is 11.0 Å². The summed E-state index contributed by atoms with van der Waals surface area (Å²) >= 11 is 0. The minimum absolute atomic E-state index is 0.0231. The van der Waals surface area contributed by atoms with Crippen LogP contribution in [0.5, 0.6) is 0 Å². The van der Waals surface area contributed by atoms with Gasteiger partial charge in [0, 0.05) is 34.6 Å². The molecule has 0 aliphatic carbocycles. The van der Waals surface area contributed by atoms with Crippen LogP contribution in [0, 0.1) is 0 Å². The Bertz CT molecular complexity index is 1390. The third kappa shape index (κ3) is 3.04. The summed E-state index contributed by atoms with van der Waals surface area (Å²) in [6.07, 6.45) is 2.02. The Morgan fingerprint density at radius 2 is 1.53 bits per heavy atom. The zero-order valence-electron chi connectivity index (χ0n) is 16.1. The van der Waals surface area contributed by atoms with E-state index in [-0.39, 0.29) is 11.7 Å². The second-order valence-corrected chi connectivity index (χ2v) is 7.20. The quantitative estimate of drug-likeness (QED) is 0.449. The molecule has 0 unspecified atom stereocenters. The summed E-state index contributed by atoms with van der Waals surface area (Å²) in [6.45, 7) is 0.671. The number of hydrogen-bond acceptors (Lipinski definition) is 5. The molecule has 0 aliphatic rings. The molecule has 5 aromatic rings. The van der Waals surface area contributed by atoms with Crippen LogP contribution in [-0.2, 0) is 6.54 Å². The lowest BCUT2D eigenvalue weighted by Gasteiger charge is -2.09. The van der Waals surface area contributed by atoms with Crippen molar-refractivity contribution >= 4 is 39.4 Å².